The Balaban J connectivity index is 1.48. The summed E-state index contributed by atoms with van der Waals surface area (Å²) in [6.07, 6.45) is -2.10. The Labute approximate surface area is 266 Å². The summed E-state index contributed by atoms with van der Waals surface area (Å²) in [5.41, 5.74) is 0.496. The van der Waals surface area contributed by atoms with Crippen LogP contribution in [0.25, 0.3) is 4.85 Å². The number of likely N-dealkylation sites (N-methyl/N-ethyl adjacent to an activating group) is 1. The number of nitrogens with zero attached hydrogens (tertiary/aromatic N) is 7. The molecule has 10 nitrogen and oxygen atoms in total. The zero-order chi connectivity index (χ0) is 32.3. The molecule has 1 aromatic carbocycles. The van der Waals surface area contributed by atoms with Gasteiger partial charge in [-0.3, -0.25) is 9.69 Å². The quantitative estimate of drug-likeness (QED) is 0.294. The van der Waals surface area contributed by atoms with Crippen LogP contribution in [0.1, 0.15) is 30.2 Å². The van der Waals surface area contributed by atoms with E-state index in [0.717, 1.165) is 25.1 Å². The Kier molecular flexibility index (Phi) is 10.1. The third-order valence-corrected chi connectivity index (χ3v) is 9.13. The SMILES string of the molecule is [C-]#[N+]C[C@H]1CN(c2nc(OC[C@@H]3C[C@@H](OC)CN3CC)nc3c2CCN(c2cccc(Cl)c2C(F)(F)F)C3)CCN1C(=O)C=C. The van der Waals surface area contributed by atoms with E-state index < -0.39 is 11.7 Å². The maximum absolute atomic E-state index is 14.1. The molecule has 3 aliphatic heterocycles. The zero-order valence-electron chi connectivity index (χ0n) is 25.4. The summed E-state index contributed by atoms with van der Waals surface area (Å²) in [5, 5.41) is -0.359. The molecule has 2 fully saturated rings. The van der Waals surface area contributed by atoms with Crippen molar-refractivity contribution in [1.82, 2.24) is 19.8 Å². The Morgan fingerprint density at radius 3 is 2.69 bits per heavy atom. The highest BCUT2D eigenvalue weighted by atomic mass is 35.5. The molecule has 0 aliphatic carbocycles. The lowest BCUT2D eigenvalue weighted by atomic mass is 10.0. The third kappa shape index (κ3) is 6.98. The predicted molar refractivity (Wildman–Crippen MR) is 165 cm³/mol. The fraction of sp³-hybridized carbons (Fsp3) is 0.548. The van der Waals surface area contributed by atoms with Crippen molar-refractivity contribution in [1.29, 1.82) is 0 Å². The van der Waals surface area contributed by atoms with Crippen molar-refractivity contribution in [2.24, 2.45) is 0 Å². The van der Waals surface area contributed by atoms with Gasteiger partial charge in [0.2, 0.25) is 12.5 Å². The summed E-state index contributed by atoms with van der Waals surface area (Å²) in [7, 11) is 1.69. The number of hydrogen-bond acceptors (Lipinski definition) is 8. The van der Waals surface area contributed by atoms with Gasteiger partial charge >= 0.3 is 12.2 Å². The standard InChI is InChI=1S/C31H37ClF3N7O3/c1-5-27(43)42-13-12-41(16-21(42)15-36-3)29-23-10-11-40(26-9-7-8-24(32)28(26)31(33,34)35)18-25(23)37-30(38-29)45-19-20-14-22(44-4)17-39(20)6-2/h5,7-9,20-22H,1,6,10-19H2,2,4H3/t20-,21-,22+/m0/s1. The van der Waals surface area contributed by atoms with Crippen molar-refractivity contribution in [3.63, 3.8) is 0 Å². The fourth-order valence-electron chi connectivity index (χ4n) is 6.53. The lowest BCUT2D eigenvalue weighted by molar-refractivity contribution is -0.137. The summed E-state index contributed by atoms with van der Waals surface area (Å²) in [5.74, 6) is 0.382. The van der Waals surface area contributed by atoms with E-state index in [1.54, 1.807) is 16.9 Å². The first-order chi connectivity index (χ1) is 21.6. The van der Waals surface area contributed by atoms with Crippen LogP contribution in [0.4, 0.5) is 24.7 Å². The van der Waals surface area contributed by atoms with Crippen LogP contribution in [-0.4, -0.2) is 103 Å². The molecule has 5 rings (SSSR count). The van der Waals surface area contributed by atoms with Gasteiger partial charge in [0, 0.05) is 51.4 Å². The van der Waals surface area contributed by atoms with Gasteiger partial charge in [-0.1, -0.05) is 31.2 Å². The van der Waals surface area contributed by atoms with Crippen molar-refractivity contribution < 1.29 is 27.4 Å². The van der Waals surface area contributed by atoms with E-state index in [4.69, 9.17) is 37.6 Å². The molecule has 1 aromatic heterocycles. The molecule has 0 saturated carbocycles. The molecule has 2 saturated heterocycles. The minimum Gasteiger partial charge on any atom is -0.462 e. The smallest absolute Gasteiger partial charge is 0.419 e. The van der Waals surface area contributed by atoms with Crippen LogP contribution in [0.15, 0.2) is 30.9 Å². The van der Waals surface area contributed by atoms with Gasteiger partial charge in [-0.25, -0.2) is 6.57 Å². The largest absolute Gasteiger partial charge is 0.462 e. The van der Waals surface area contributed by atoms with Crippen LogP contribution < -0.4 is 14.5 Å². The lowest BCUT2D eigenvalue weighted by Gasteiger charge is -2.41. The van der Waals surface area contributed by atoms with E-state index in [9.17, 15) is 18.0 Å². The summed E-state index contributed by atoms with van der Waals surface area (Å²) in [4.78, 5) is 33.2. The number of hydrogen-bond donors (Lipinski definition) is 0. The van der Waals surface area contributed by atoms with E-state index in [0.29, 0.717) is 50.7 Å². The number of fused-ring (bicyclic) bond motifs is 1. The number of rotatable bonds is 9. The molecule has 3 aliphatic rings. The third-order valence-electron chi connectivity index (χ3n) is 8.81. The summed E-state index contributed by atoms with van der Waals surface area (Å²) >= 11 is 6.05. The summed E-state index contributed by atoms with van der Waals surface area (Å²) < 4.78 is 54.0. The Bertz CT molecular complexity index is 1450. The van der Waals surface area contributed by atoms with Gasteiger partial charge in [0.15, 0.2) is 0 Å². The molecule has 242 valence electrons. The second kappa shape index (κ2) is 13.8. The van der Waals surface area contributed by atoms with Crippen molar-refractivity contribution in [2.75, 3.05) is 69.3 Å². The van der Waals surface area contributed by atoms with Crippen LogP contribution in [0.3, 0.4) is 0 Å². The monoisotopic (exact) mass is 647 g/mol. The van der Waals surface area contributed by atoms with Crippen LogP contribution >= 0.6 is 11.6 Å². The van der Waals surface area contributed by atoms with Crippen molar-refractivity contribution in [3.8, 4) is 6.01 Å². The molecular formula is C31H37ClF3N7O3. The second-order valence-corrected chi connectivity index (χ2v) is 11.8. The van der Waals surface area contributed by atoms with E-state index in [2.05, 4.69) is 23.2 Å². The Morgan fingerprint density at radius 2 is 2.00 bits per heavy atom. The first-order valence-corrected chi connectivity index (χ1v) is 15.4. The molecule has 45 heavy (non-hydrogen) atoms. The van der Waals surface area contributed by atoms with E-state index >= 15 is 0 Å². The Hall–Kier alpha value is -3.60. The average molecular weight is 648 g/mol. The molecule has 2 aromatic rings. The molecule has 3 atom stereocenters. The van der Waals surface area contributed by atoms with Crippen LogP contribution in [0.2, 0.25) is 5.02 Å². The number of piperazine rings is 1. The van der Waals surface area contributed by atoms with Crippen LogP contribution in [-0.2, 0) is 28.7 Å². The highest BCUT2D eigenvalue weighted by molar-refractivity contribution is 6.31. The minimum absolute atomic E-state index is 0.00731. The predicted octanol–water partition coefficient (Wildman–Crippen LogP) is 4.32. The molecule has 0 unspecified atom stereocenters. The van der Waals surface area contributed by atoms with E-state index in [-0.39, 0.29) is 53.9 Å². The van der Waals surface area contributed by atoms with Gasteiger partial charge in [0.05, 0.1) is 34.6 Å². The number of benzene rings is 1. The molecule has 0 spiro atoms. The number of methoxy groups -OCH3 is 1. The molecule has 0 N–H and O–H groups in total. The molecule has 1 amide bonds. The topological polar surface area (TPSA) is 78.6 Å². The number of carbonyl (C=O) groups is 1. The van der Waals surface area contributed by atoms with Gasteiger partial charge in [-0.2, -0.15) is 23.1 Å². The van der Waals surface area contributed by atoms with Gasteiger partial charge in [-0.05, 0) is 37.6 Å². The molecule has 4 heterocycles. The number of ether oxygens (including phenoxy) is 2. The van der Waals surface area contributed by atoms with Gasteiger partial charge < -0.3 is 29.0 Å². The number of likely N-dealkylation sites (tertiary alicyclic amines) is 1. The average Bonchev–Trinajstić information content (AvgIpc) is 3.44. The number of halogens is 4. The van der Waals surface area contributed by atoms with Crippen molar-refractivity contribution >= 4 is 29.0 Å². The molecular weight excluding hydrogens is 611 g/mol. The molecule has 0 radical (unpaired) electrons. The first-order valence-electron chi connectivity index (χ1n) is 15.0. The summed E-state index contributed by atoms with van der Waals surface area (Å²) in [6.45, 7) is 16.8. The van der Waals surface area contributed by atoms with Crippen LogP contribution in [0.5, 0.6) is 6.01 Å². The number of aromatic nitrogens is 2. The van der Waals surface area contributed by atoms with Crippen molar-refractivity contribution in [2.45, 2.75) is 50.7 Å². The molecule has 0 bridgehead atoms. The fourth-order valence-corrected chi connectivity index (χ4v) is 6.81. The maximum Gasteiger partial charge on any atom is 0.419 e. The number of alkyl halides is 3. The van der Waals surface area contributed by atoms with Gasteiger partial charge in [-0.15, -0.1) is 0 Å². The number of amides is 1. The van der Waals surface area contributed by atoms with E-state index in [1.165, 1.54) is 24.3 Å². The minimum atomic E-state index is -4.63. The zero-order valence-corrected chi connectivity index (χ0v) is 26.1. The van der Waals surface area contributed by atoms with Crippen LogP contribution in [0, 0.1) is 6.57 Å². The second-order valence-electron chi connectivity index (χ2n) is 11.4. The van der Waals surface area contributed by atoms with Crippen molar-refractivity contribution in [3.05, 3.63) is 64.1 Å². The number of carbonyl (C=O) groups excluding carboxylic acids is 1. The maximum atomic E-state index is 14.1. The highest BCUT2D eigenvalue weighted by Gasteiger charge is 2.39. The van der Waals surface area contributed by atoms with Gasteiger partial charge in [0.1, 0.15) is 18.5 Å². The summed E-state index contributed by atoms with van der Waals surface area (Å²) in [6, 6.07) is 4.03. The first kappa shape index (κ1) is 32.8. The molecule has 14 heteroatoms. The lowest BCUT2D eigenvalue weighted by Crippen LogP contribution is -2.56. The Morgan fingerprint density at radius 1 is 1.20 bits per heavy atom. The van der Waals surface area contributed by atoms with E-state index in [1.807, 2.05) is 4.90 Å². The number of anilines is 2. The van der Waals surface area contributed by atoms with Gasteiger partial charge in [0.25, 0.3) is 0 Å². The normalized spacial score (nSPS) is 22.2. The highest BCUT2D eigenvalue weighted by Crippen LogP contribution is 2.43.